The minimum absolute atomic E-state index is 1.10. The van der Waals surface area contributed by atoms with E-state index in [2.05, 4.69) is 217 Å². The van der Waals surface area contributed by atoms with E-state index in [1.165, 1.54) is 75.5 Å². The molecule has 0 saturated carbocycles. The summed E-state index contributed by atoms with van der Waals surface area (Å²) in [5.74, 6) is 0. The van der Waals surface area contributed by atoms with Gasteiger partial charge in [0.2, 0.25) is 0 Å². The molecular weight excluding hydrogens is 671 g/mol. The average Bonchev–Trinajstić information content (AvgIpc) is 3.63. The summed E-state index contributed by atoms with van der Waals surface area (Å²) in [7, 11) is 0. The van der Waals surface area contributed by atoms with Gasteiger partial charge in [-0.2, -0.15) is 0 Å². The molecule has 0 saturated heterocycles. The first-order valence-corrected chi connectivity index (χ1v) is 19.2. The van der Waals surface area contributed by atoms with Gasteiger partial charge in [0, 0.05) is 37.0 Å². The van der Waals surface area contributed by atoms with E-state index in [1.54, 1.807) is 0 Å². The predicted molar refractivity (Wildman–Crippen MR) is 233 cm³/mol. The quantitative estimate of drug-likeness (QED) is 0.160. The van der Waals surface area contributed by atoms with Gasteiger partial charge in [-0.15, -0.1) is 11.3 Å². The molecule has 0 aliphatic carbocycles. The molecule has 0 aliphatic rings. The van der Waals surface area contributed by atoms with Gasteiger partial charge >= 0.3 is 0 Å². The van der Waals surface area contributed by atoms with E-state index < -0.39 is 0 Å². The predicted octanol–water partition coefficient (Wildman–Crippen LogP) is 15.3. The van der Waals surface area contributed by atoms with Crippen LogP contribution in [-0.2, 0) is 0 Å². The third-order valence-corrected chi connectivity index (χ3v) is 11.6. The standard InChI is InChI=1S/C52H35NS/c1-2-14-36(15-3-1)37-28-31-42(32-29-37)53(50-26-10-7-22-46(50)41-30-33-48-47-23-8-11-27-51(47)54-52(48)35-41)49-25-9-6-21-45(49)40-19-12-18-39(34-40)44-24-13-17-38-16-4-5-20-43(38)44/h1-35H. The summed E-state index contributed by atoms with van der Waals surface area (Å²) >= 11 is 1.86. The first-order chi connectivity index (χ1) is 26.8. The van der Waals surface area contributed by atoms with Gasteiger partial charge < -0.3 is 4.90 Å². The summed E-state index contributed by atoms with van der Waals surface area (Å²) in [5.41, 5.74) is 12.9. The van der Waals surface area contributed by atoms with Crippen molar-refractivity contribution < 1.29 is 0 Å². The van der Waals surface area contributed by atoms with Gasteiger partial charge in [0.05, 0.1) is 11.4 Å². The molecule has 0 radical (unpaired) electrons. The van der Waals surface area contributed by atoms with Crippen LogP contribution in [0.1, 0.15) is 0 Å². The molecule has 2 heteroatoms. The van der Waals surface area contributed by atoms with Crippen molar-refractivity contribution in [3.63, 3.8) is 0 Å². The molecule has 254 valence electrons. The minimum Gasteiger partial charge on any atom is -0.309 e. The van der Waals surface area contributed by atoms with Crippen molar-refractivity contribution in [1.29, 1.82) is 0 Å². The summed E-state index contributed by atoms with van der Waals surface area (Å²) in [6, 6.07) is 77.2. The normalized spacial score (nSPS) is 11.3. The summed E-state index contributed by atoms with van der Waals surface area (Å²) < 4.78 is 2.62. The minimum atomic E-state index is 1.10. The Labute approximate surface area is 319 Å². The van der Waals surface area contributed by atoms with Crippen LogP contribution >= 0.6 is 11.3 Å². The summed E-state index contributed by atoms with van der Waals surface area (Å²) in [5, 5.41) is 5.13. The molecule has 1 nitrogen and oxygen atoms in total. The van der Waals surface area contributed by atoms with Gasteiger partial charge in [-0.1, -0.05) is 170 Å². The first-order valence-electron chi connectivity index (χ1n) is 18.4. The van der Waals surface area contributed by atoms with Crippen LogP contribution in [0.15, 0.2) is 212 Å². The number of rotatable bonds is 7. The van der Waals surface area contributed by atoms with Crippen molar-refractivity contribution in [3.05, 3.63) is 212 Å². The maximum atomic E-state index is 2.44. The van der Waals surface area contributed by atoms with Crippen LogP contribution in [0.5, 0.6) is 0 Å². The number of hydrogen-bond acceptors (Lipinski definition) is 2. The summed E-state index contributed by atoms with van der Waals surface area (Å²) in [4.78, 5) is 2.44. The van der Waals surface area contributed by atoms with Crippen molar-refractivity contribution >= 4 is 59.3 Å². The Morgan fingerprint density at radius 1 is 0.296 bits per heavy atom. The number of thiophene rings is 1. The van der Waals surface area contributed by atoms with Crippen LogP contribution in [0.4, 0.5) is 17.1 Å². The molecule has 0 amide bonds. The van der Waals surface area contributed by atoms with E-state index >= 15 is 0 Å². The Morgan fingerprint density at radius 3 is 1.57 bits per heavy atom. The molecule has 1 aromatic heterocycles. The number of para-hydroxylation sites is 2. The highest BCUT2D eigenvalue weighted by molar-refractivity contribution is 7.25. The van der Waals surface area contributed by atoms with Crippen molar-refractivity contribution in [3.8, 4) is 44.5 Å². The topological polar surface area (TPSA) is 3.24 Å². The highest BCUT2D eigenvalue weighted by Crippen LogP contribution is 2.46. The lowest BCUT2D eigenvalue weighted by Gasteiger charge is -2.30. The monoisotopic (exact) mass is 705 g/mol. The molecule has 0 spiro atoms. The van der Waals surface area contributed by atoms with Crippen LogP contribution in [-0.4, -0.2) is 0 Å². The second-order valence-corrected chi connectivity index (χ2v) is 14.8. The van der Waals surface area contributed by atoms with Gasteiger partial charge in [-0.25, -0.2) is 0 Å². The van der Waals surface area contributed by atoms with Crippen LogP contribution in [0, 0.1) is 0 Å². The average molecular weight is 706 g/mol. The Bertz CT molecular complexity index is 2930. The molecule has 0 bridgehead atoms. The molecule has 0 fully saturated rings. The molecule has 0 unspecified atom stereocenters. The fraction of sp³-hybridized carbons (Fsp3) is 0. The van der Waals surface area contributed by atoms with Crippen molar-refractivity contribution in [2.24, 2.45) is 0 Å². The number of hydrogen-bond donors (Lipinski definition) is 0. The summed E-state index contributed by atoms with van der Waals surface area (Å²) in [6.45, 7) is 0. The molecule has 0 N–H and O–H groups in total. The highest BCUT2D eigenvalue weighted by Gasteiger charge is 2.21. The Balaban J connectivity index is 1.15. The third-order valence-electron chi connectivity index (χ3n) is 10.5. The van der Waals surface area contributed by atoms with E-state index in [4.69, 9.17) is 0 Å². The van der Waals surface area contributed by atoms with Gasteiger partial charge in [-0.05, 0) is 86.6 Å². The SMILES string of the molecule is c1ccc(-c2ccc(N(c3ccccc3-c3cccc(-c4cccc5ccccc45)c3)c3ccccc3-c3ccc4c(c3)sc3ccccc34)cc2)cc1. The second-order valence-electron chi connectivity index (χ2n) is 13.7. The Morgan fingerprint density at radius 2 is 0.796 bits per heavy atom. The van der Waals surface area contributed by atoms with Crippen molar-refractivity contribution in [2.45, 2.75) is 0 Å². The molecule has 9 aromatic carbocycles. The van der Waals surface area contributed by atoms with Crippen LogP contribution < -0.4 is 4.90 Å². The number of fused-ring (bicyclic) bond motifs is 4. The maximum Gasteiger partial charge on any atom is 0.0540 e. The van der Waals surface area contributed by atoms with Crippen molar-refractivity contribution in [2.75, 3.05) is 4.90 Å². The van der Waals surface area contributed by atoms with E-state index in [0.717, 1.165) is 17.1 Å². The molecule has 10 aromatic rings. The molecule has 54 heavy (non-hydrogen) atoms. The molecule has 0 atom stereocenters. The smallest absolute Gasteiger partial charge is 0.0540 e. The lowest BCUT2D eigenvalue weighted by Crippen LogP contribution is -2.12. The Kier molecular flexibility index (Phi) is 8.09. The lowest BCUT2D eigenvalue weighted by atomic mass is 9.94. The van der Waals surface area contributed by atoms with Crippen molar-refractivity contribution in [1.82, 2.24) is 0 Å². The van der Waals surface area contributed by atoms with Gasteiger partial charge in [0.15, 0.2) is 0 Å². The highest BCUT2D eigenvalue weighted by atomic mass is 32.1. The molecule has 1 heterocycles. The number of anilines is 3. The number of nitrogens with zero attached hydrogens (tertiary/aromatic N) is 1. The second kappa shape index (κ2) is 13.7. The lowest BCUT2D eigenvalue weighted by molar-refractivity contribution is 1.28. The fourth-order valence-corrected chi connectivity index (χ4v) is 9.04. The van der Waals surface area contributed by atoms with Crippen LogP contribution in [0.25, 0.3) is 75.5 Å². The van der Waals surface area contributed by atoms with Crippen LogP contribution in [0.3, 0.4) is 0 Å². The third kappa shape index (κ3) is 5.74. The maximum absolute atomic E-state index is 2.44. The zero-order chi connectivity index (χ0) is 35.8. The molecule has 10 rings (SSSR count). The Hall–Kier alpha value is -6.74. The fourth-order valence-electron chi connectivity index (χ4n) is 7.89. The van der Waals surface area contributed by atoms with E-state index in [9.17, 15) is 0 Å². The van der Waals surface area contributed by atoms with E-state index in [-0.39, 0.29) is 0 Å². The number of benzene rings is 9. The zero-order valence-corrected chi connectivity index (χ0v) is 30.4. The first kappa shape index (κ1) is 32.0. The van der Waals surface area contributed by atoms with E-state index in [1.807, 2.05) is 11.3 Å². The van der Waals surface area contributed by atoms with Gasteiger partial charge in [0.1, 0.15) is 0 Å². The van der Waals surface area contributed by atoms with Gasteiger partial charge in [0.25, 0.3) is 0 Å². The summed E-state index contributed by atoms with van der Waals surface area (Å²) in [6.07, 6.45) is 0. The van der Waals surface area contributed by atoms with Gasteiger partial charge in [-0.3, -0.25) is 0 Å². The zero-order valence-electron chi connectivity index (χ0n) is 29.6. The molecular formula is C52H35NS. The van der Waals surface area contributed by atoms with E-state index in [0.29, 0.717) is 0 Å². The van der Waals surface area contributed by atoms with Crippen LogP contribution in [0.2, 0.25) is 0 Å². The largest absolute Gasteiger partial charge is 0.309 e. The molecule has 0 aliphatic heterocycles.